The molecule has 2 amide bonds. The number of carbonyl (C=O) groups excluding carboxylic acids is 1. The molecule has 1 saturated heterocycles. The van der Waals surface area contributed by atoms with Crippen molar-refractivity contribution in [2.45, 2.75) is 20.4 Å². The number of anilines is 1. The first-order chi connectivity index (χ1) is 13.0. The summed E-state index contributed by atoms with van der Waals surface area (Å²) in [6.07, 6.45) is 0. The maximum absolute atomic E-state index is 12.6. The molecule has 27 heavy (non-hydrogen) atoms. The number of benzene rings is 2. The van der Waals surface area contributed by atoms with Crippen LogP contribution in [-0.4, -0.2) is 49.1 Å². The van der Waals surface area contributed by atoms with Crippen LogP contribution in [0.4, 0.5) is 10.5 Å². The summed E-state index contributed by atoms with van der Waals surface area (Å²) in [5, 5.41) is 3.56. The van der Waals surface area contributed by atoms with Gasteiger partial charge in [-0.15, -0.1) is 0 Å². The van der Waals surface area contributed by atoms with Crippen LogP contribution < -0.4 is 10.1 Å². The molecule has 3 rings (SSSR count). The summed E-state index contributed by atoms with van der Waals surface area (Å²) in [7, 11) is 1.67. The van der Waals surface area contributed by atoms with Crippen molar-refractivity contribution in [2.24, 2.45) is 0 Å². The van der Waals surface area contributed by atoms with Crippen LogP contribution in [0.3, 0.4) is 0 Å². The molecular formula is C21H26ClN3O2. The zero-order valence-electron chi connectivity index (χ0n) is 16.1. The lowest BCUT2D eigenvalue weighted by Crippen LogP contribution is -2.49. The number of nitrogens with one attached hydrogen (secondary N) is 1. The first-order valence-electron chi connectivity index (χ1n) is 9.14. The molecular weight excluding hydrogens is 362 g/mol. The number of aryl methyl sites for hydroxylation is 2. The fraction of sp³-hybridized carbons (Fsp3) is 0.381. The number of methoxy groups -OCH3 is 1. The van der Waals surface area contributed by atoms with Gasteiger partial charge >= 0.3 is 6.03 Å². The van der Waals surface area contributed by atoms with Crippen LogP contribution in [-0.2, 0) is 6.54 Å². The van der Waals surface area contributed by atoms with Crippen molar-refractivity contribution in [1.29, 1.82) is 0 Å². The number of halogens is 1. The molecule has 0 atom stereocenters. The van der Waals surface area contributed by atoms with Gasteiger partial charge in [0.15, 0.2) is 0 Å². The fourth-order valence-corrected chi connectivity index (χ4v) is 3.73. The van der Waals surface area contributed by atoms with E-state index in [9.17, 15) is 4.79 Å². The highest BCUT2D eigenvalue weighted by Crippen LogP contribution is 2.27. The molecule has 1 fully saturated rings. The predicted molar refractivity (Wildman–Crippen MR) is 110 cm³/mol. The number of hydrogen-bond donors (Lipinski definition) is 1. The van der Waals surface area contributed by atoms with E-state index in [1.54, 1.807) is 7.11 Å². The molecule has 1 N–H and O–H groups in total. The summed E-state index contributed by atoms with van der Waals surface area (Å²) in [5.41, 5.74) is 4.01. The van der Waals surface area contributed by atoms with Crippen LogP contribution in [0.15, 0.2) is 36.4 Å². The third-order valence-corrected chi connectivity index (χ3v) is 5.19. The second kappa shape index (κ2) is 8.63. The Bertz CT molecular complexity index is 777. The SMILES string of the molecule is COc1ccc(CN2CCN(C(=O)Nc3c(C)cc(C)cc3Cl)CC2)cc1. The van der Waals surface area contributed by atoms with Crippen molar-refractivity contribution >= 4 is 23.3 Å². The maximum Gasteiger partial charge on any atom is 0.321 e. The summed E-state index contributed by atoms with van der Waals surface area (Å²) in [5.74, 6) is 0.866. The molecule has 5 nitrogen and oxygen atoms in total. The van der Waals surface area contributed by atoms with Crippen LogP contribution in [0.2, 0.25) is 5.02 Å². The minimum absolute atomic E-state index is 0.0899. The van der Waals surface area contributed by atoms with Crippen LogP contribution in [0.1, 0.15) is 16.7 Å². The van der Waals surface area contributed by atoms with Crippen LogP contribution in [0, 0.1) is 13.8 Å². The quantitative estimate of drug-likeness (QED) is 0.849. The van der Waals surface area contributed by atoms with Crippen molar-refractivity contribution in [2.75, 3.05) is 38.6 Å². The fourth-order valence-electron chi connectivity index (χ4n) is 3.36. The smallest absolute Gasteiger partial charge is 0.321 e. The molecule has 0 spiro atoms. The van der Waals surface area contributed by atoms with Crippen molar-refractivity contribution in [3.8, 4) is 5.75 Å². The highest BCUT2D eigenvalue weighted by Gasteiger charge is 2.22. The second-order valence-electron chi connectivity index (χ2n) is 6.98. The monoisotopic (exact) mass is 387 g/mol. The number of urea groups is 1. The largest absolute Gasteiger partial charge is 0.497 e. The molecule has 1 aliphatic heterocycles. The van der Waals surface area contributed by atoms with E-state index in [1.165, 1.54) is 5.56 Å². The van der Waals surface area contributed by atoms with E-state index in [0.717, 1.165) is 36.5 Å². The summed E-state index contributed by atoms with van der Waals surface area (Å²) < 4.78 is 5.20. The Morgan fingerprint density at radius 1 is 1.11 bits per heavy atom. The van der Waals surface area contributed by atoms with E-state index in [4.69, 9.17) is 16.3 Å². The number of carbonyl (C=O) groups is 1. The Balaban J connectivity index is 1.53. The number of hydrogen-bond acceptors (Lipinski definition) is 3. The van der Waals surface area contributed by atoms with E-state index in [2.05, 4.69) is 22.3 Å². The van der Waals surface area contributed by atoms with Crippen LogP contribution >= 0.6 is 11.6 Å². The lowest BCUT2D eigenvalue weighted by molar-refractivity contribution is 0.143. The normalized spacial score (nSPS) is 14.9. The average Bonchev–Trinajstić information content (AvgIpc) is 2.65. The van der Waals surface area contributed by atoms with E-state index in [0.29, 0.717) is 23.8 Å². The molecule has 0 unspecified atom stereocenters. The number of piperazine rings is 1. The summed E-state index contributed by atoms with van der Waals surface area (Å²) in [6.45, 7) is 7.92. The lowest BCUT2D eigenvalue weighted by Gasteiger charge is -2.34. The van der Waals surface area contributed by atoms with E-state index in [-0.39, 0.29) is 6.03 Å². The molecule has 2 aromatic rings. The third-order valence-electron chi connectivity index (χ3n) is 4.89. The van der Waals surface area contributed by atoms with E-state index < -0.39 is 0 Å². The molecule has 0 aromatic heterocycles. The zero-order chi connectivity index (χ0) is 19.4. The zero-order valence-corrected chi connectivity index (χ0v) is 16.8. The van der Waals surface area contributed by atoms with Crippen LogP contribution in [0.25, 0.3) is 0 Å². The molecule has 1 aliphatic rings. The van der Waals surface area contributed by atoms with Crippen molar-refractivity contribution in [3.05, 3.63) is 58.1 Å². The van der Waals surface area contributed by atoms with Gasteiger partial charge in [0.2, 0.25) is 0 Å². The lowest BCUT2D eigenvalue weighted by atomic mass is 10.1. The van der Waals surface area contributed by atoms with Crippen molar-refractivity contribution in [1.82, 2.24) is 9.80 Å². The highest BCUT2D eigenvalue weighted by atomic mass is 35.5. The van der Waals surface area contributed by atoms with Gasteiger partial charge in [0.25, 0.3) is 0 Å². The Morgan fingerprint density at radius 2 is 1.78 bits per heavy atom. The van der Waals surface area contributed by atoms with E-state index >= 15 is 0 Å². The van der Waals surface area contributed by atoms with Gasteiger partial charge in [-0.2, -0.15) is 0 Å². The van der Waals surface area contributed by atoms with E-state index in [1.807, 2.05) is 43.0 Å². The molecule has 0 aliphatic carbocycles. The van der Waals surface area contributed by atoms with Gasteiger partial charge in [-0.3, -0.25) is 4.90 Å². The van der Waals surface area contributed by atoms with Gasteiger partial charge in [0, 0.05) is 32.7 Å². The van der Waals surface area contributed by atoms with Crippen LogP contribution in [0.5, 0.6) is 5.75 Å². The number of rotatable bonds is 4. The second-order valence-corrected chi connectivity index (χ2v) is 7.39. The first-order valence-corrected chi connectivity index (χ1v) is 9.52. The first kappa shape index (κ1) is 19.5. The Labute approximate surface area is 165 Å². The Morgan fingerprint density at radius 3 is 2.37 bits per heavy atom. The van der Waals surface area contributed by atoms with Gasteiger partial charge in [-0.1, -0.05) is 29.8 Å². The van der Waals surface area contributed by atoms with Gasteiger partial charge in [0.05, 0.1) is 17.8 Å². The molecule has 6 heteroatoms. The molecule has 1 heterocycles. The summed E-state index contributed by atoms with van der Waals surface area (Å²) >= 11 is 6.30. The molecule has 0 radical (unpaired) electrons. The summed E-state index contributed by atoms with van der Waals surface area (Å²) in [4.78, 5) is 16.8. The minimum Gasteiger partial charge on any atom is -0.497 e. The number of ether oxygens (including phenoxy) is 1. The topological polar surface area (TPSA) is 44.8 Å². The van der Waals surface area contributed by atoms with Crippen molar-refractivity contribution in [3.63, 3.8) is 0 Å². The van der Waals surface area contributed by atoms with Gasteiger partial charge in [-0.05, 0) is 48.7 Å². The number of amides is 2. The van der Waals surface area contributed by atoms with Gasteiger partial charge in [-0.25, -0.2) is 4.79 Å². The summed E-state index contributed by atoms with van der Waals surface area (Å²) in [6, 6.07) is 11.9. The van der Waals surface area contributed by atoms with Crippen molar-refractivity contribution < 1.29 is 9.53 Å². The highest BCUT2D eigenvalue weighted by molar-refractivity contribution is 6.34. The molecule has 0 bridgehead atoms. The molecule has 2 aromatic carbocycles. The number of nitrogens with zero attached hydrogens (tertiary/aromatic N) is 2. The average molecular weight is 388 g/mol. The predicted octanol–water partition coefficient (Wildman–Crippen LogP) is 4.32. The van der Waals surface area contributed by atoms with Gasteiger partial charge < -0.3 is 15.0 Å². The Hall–Kier alpha value is -2.24. The Kier molecular flexibility index (Phi) is 6.24. The molecule has 0 saturated carbocycles. The maximum atomic E-state index is 12.6. The van der Waals surface area contributed by atoms with Gasteiger partial charge in [0.1, 0.15) is 5.75 Å². The molecule has 144 valence electrons. The third kappa shape index (κ3) is 4.93. The minimum atomic E-state index is -0.0899. The standard InChI is InChI=1S/C21H26ClN3O2/c1-15-12-16(2)20(19(22)13-15)23-21(26)25-10-8-24(9-11-25)14-17-4-6-18(27-3)7-5-17/h4-7,12-13H,8-11,14H2,1-3H3,(H,23,26).